The molecule has 3 heteroatoms. The molecule has 0 saturated heterocycles. The van der Waals surface area contributed by atoms with Gasteiger partial charge in [-0.25, -0.2) is 4.98 Å². The lowest BCUT2D eigenvalue weighted by Crippen LogP contribution is -2.04. The van der Waals surface area contributed by atoms with Gasteiger partial charge in [0.25, 0.3) is 0 Å². The van der Waals surface area contributed by atoms with Gasteiger partial charge in [0, 0.05) is 17.9 Å². The van der Waals surface area contributed by atoms with Crippen molar-refractivity contribution in [2.24, 2.45) is 5.92 Å². The van der Waals surface area contributed by atoms with Gasteiger partial charge in [-0.3, -0.25) is 0 Å². The lowest BCUT2D eigenvalue weighted by Gasteiger charge is -2.04. The van der Waals surface area contributed by atoms with Gasteiger partial charge in [-0.2, -0.15) is 5.26 Å². The molecular weight excluding hydrogens is 174 g/mol. The molecule has 1 aromatic heterocycles. The van der Waals surface area contributed by atoms with E-state index in [0.717, 1.165) is 11.6 Å². The fourth-order valence-corrected chi connectivity index (χ4v) is 1.67. The van der Waals surface area contributed by atoms with E-state index in [9.17, 15) is 0 Å². The van der Waals surface area contributed by atoms with Crippen LogP contribution in [-0.4, -0.2) is 11.0 Å². The molecule has 72 valence electrons. The van der Waals surface area contributed by atoms with Crippen LogP contribution in [0.5, 0.6) is 0 Å². The SMILES string of the molecule is CCC1CC1Nc1ccnc(C#N)c1. The molecule has 3 nitrogen and oxygen atoms in total. The summed E-state index contributed by atoms with van der Waals surface area (Å²) < 4.78 is 0. The summed E-state index contributed by atoms with van der Waals surface area (Å²) >= 11 is 0. The minimum absolute atomic E-state index is 0.476. The van der Waals surface area contributed by atoms with Crippen molar-refractivity contribution in [1.29, 1.82) is 5.26 Å². The molecule has 2 rings (SSSR count). The van der Waals surface area contributed by atoms with Crippen molar-refractivity contribution in [1.82, 2.24) is 4.98 Å². The topological polar surface area (TPSA) is 48.7 Å². The molecule has 2 atom stereocenters. The van der Waals surface area contributed by atoms with Gasteiger partial charge in [0.1, 0.15) is 11.8 Å². The Morgan fingerprint density at radius 1 is 1.71 bits per heavy atom. The van der Waals surface area contributed by atoms with Gasteiger partial charge >= 0.3 is 0 Å². The van der Waals surface area contributed by atoms with Gasteiger partial charge in [-0.1, -0.05) is 13.3 Å². The number of hydrogen-bond donors (Lipinski definition) is 1. The maximum absolute atomic E-state index is 8.67. The minimum atomic E-state index is 0.476. The predicted molar refractivity (Wildman–Crippen MR) is 54.8 cm³/mol. The van der Waals surface area contributed by atoms with Gasteiger partial charge < -0.3 is 5.32 Å². The van der Waals surface area contributed by atoms with Crippen LogP contribution in [0.2, 0.25) is 0 Å². The molecule has 1 aliphatic carbocycles. The highest BCUT2D eigenvalue weighted by Gasteiger charge is 2.34. The van der Waals surface area contributed by atoms with E-state index < -0.39 is 0 Å². The van der Waals surface area contributed by atoms with E-state index in [0.29, 0.717) is 11.7 Å². The first-order valence-corrected chi connectivity index (χ1v) is 4.96. The smallest absolute Gasteiger partial charge is 0.142 e. The van der Waals surface area contributed by atoms with Crippen LogP contribution in [-0.2, 0) is 0 Å². The van der Waals surface area contributed by atoms with Crippen LogP contribution in [0, 0.1) is 17.2 Å². The second-order valence-electron chi connectivity index (χ2n) is 3.70. The van der Waals surface area contributed by atoms with Crippen LogP contribution in [0.1, 0.15) is 25.5 Å². The molecule has 0 bridgehead atoms. The Balaban J connectivity index is 2.00. The monoisotopic (exact) mass is 187 g/mol. The fourth-order valence-electron chi connectivity index (χ4n) is 1.67. The molecule has 1 aliphatic rings. The quantitative estimate of drug-likeness (QED) is 0.788. The van der Waals surface area contributed by atoms with Crippen LogP contribution in [0.15, 0.2) is 18.3 Å². The van der Waals surface area contributed by atoms with E-state index in [4.69, 9.17) is 5.26 Å². The molecule has 1 N–H and O–H groups in total. The summed E-state index contributed by atoms with van der Waals surface area (Å²) in [6.45, 7) is 2.21. The molecule has 1 saturated carbocycles. The third-order valence-electron chi connectivity index (χ3n) is 2.67. The number of hydrogen-bond acceptors (Lipinski definition) is 3. The zero-order valence-electron chi connectivity index (χ0n) is 8.20. The minimum Gasteiger partial charge on any atom is -0.382 e. The standard InChI is InChI=1S/C11H13N3/c1-2-8-5-11(8)14-9-3-4-13-10(6-9)7-12/h3-4,6,8,11H,2,5H2,1H3,(H,13,14). The molecule has 0 aliphatic heterocycles. The first-order valence-electron chi connectivity index (χ1n) is 4.96. The van der Waals surface area contributed by atoms with Gasteiger partial charge in [-0.15, -0.1) is 0 Å². The summed E-state index contributed by atoms with van der Waals surface area (Å²) in [5, 5.41) is 12.1. The molecule has 2 unspecified atom stereocenters. The van der Waals surface area contributed by atoms with Gasteiger partial charge in [0.05, 0.1) is 0 Å². The largest absolute Gasteiger partial charge is 0.382 e. The number of nitriles is 1. The van der Waals surface area contributed by atoms with Crippen molar-refractivity contribution >= 4 is 5.69 Å². The van der Waals surface area contributed by atoms with Crippen molar-refractivity contribution in [3.63, 3.8) is 0 Å². The van der Waals surface area contributed by atoms with Crippen LogP contribution in [0.25, 0.3) is 0 Å². The Morgan fingerprint density at radius 3 is 3.21 bits per heavy atom. The number of anilines is 1. The zero-order valence-corrected chi connectivity index (χ0v) is 8.20. The van der Waals surface area contributed by atoms with Gasteiger partial charge in [-0.05, 0) is 24.5 Å². The van der Waals surface area contributed by atoms with Crippen molar-refractivity contribution in [2.45, 2.75) is 25.8 Å². The highest BCUT2D eigenvalue weighted by atomic mass is 15.0. The Morgan fingerprint density at radius 2 is 2.57 bits per heavy atom. The average molecular weight is 187 g/mol. The maximum Gasteiger partial charge on any atom is 0.142 e. The Hall–Kier alpha value is -1.56. The first-order chi connectivity index (χ1) is 6.83. The van der Waals surface area contributed by atoms with E-state index in [2.05, 4.69) is 17.2 Å². The second-order valence-corrected chi connectivity index (χ2v) is 3.70. The molecule has 0 spiro atoms. The Bertz CT molecular complexity index is 367. The molecular formula is C11H13N3. The summed E-state index contributed by atoms with van der Waals surface area (Å²) in [7, 11) is 0. The number of aromatic nitrogens is 1. The predicted octanol–water partition coefficient (Wildman–Crippen LogP) is 2.16. The van der Waals surface area contributed by atoms with Crippen molar-refractivity contribution in [3.05, 3.63) is 24.0 Å². The summed E-state index contributed by atoms with van der Waals surface area (Å²) in [6, 6.07) is 6.35. The molecule has 0 radical (unpaired) electrons. The van der Waals surface area contributed by atoms with E-state index >= 15 is 0 Å². The van der Waals surface area contributed by atoms with Crippen LogP contribution < -0.4 is 5.32 Å². The van der Waals surface area contributed by atoms with Crippen LogP contribution in [0.3, 0.4) is 0 Å². The second kappa shape index (κ2) is 3.67. The summed E-state index contributed by atoms with van der Waals surface area (Å²) in [6.07, 6.45) is 4.15. The lowest BCUT2D eigenvalue weighted by molar-refractivity contribution is 0.775. The third kappa shape index (κ3) is 1.85. The summed E-state index contributed by atoms with van der Waals surface area (Å²) in [5.74, 6) is 0.814. The van der Waals surface area contributed by atoms with Crippen molar-refractivity contribution in [2.75, 3.05) is 5.32 Å². The van der Waals surface area contributed by atoms with E-state index in [-0.39, 0.29) is 0 Å². The van der Waals surface area contributed by atoms with Crippen LogP contribution >= 0.6 is 0 Å². The van der Waals surface area contributed by atoms with Gasteiger partial charge in [0.2, 0.25) is 0 Å². The highest BCUT2D eigenvalue weighted by Crippen LogP contribution is 2.35. The number of nitrogens with zero attached hydrogens (tertiary/aromatic N) is 2. The van der Waals surface area contributed by atoms with E-state index in [1.807, 2.05) is 12.1 Å². The van der Waals surface area contributed by atoms with E-state index in [1.54, 1.807) is 12.3 Å². The van der Waals surface area contributed by atoms with Crippen molar-refractivity contribution < 1.29 is 0 Å². The number of rotatable bonds is 3. The molecule has 0 amide bonds. The average Bonchev–Trinajstić information content (AvgIpc) is 2.97. The fraction of sp³-hybridized carbons (Fsp3) is 0.455. The highest BCUT2D eigenvalue weighted by molar-refractivity contribution is 5.47. The summed E-state index contributed by atoms with van der Waals surface area (Å²) in [5.41, 5.74) is 1.49. The number of nitrogens with one attached hydrogen (secondary N) is 1. The zero-order chi connectivity index (χ0) is 9.97. The third-order valence-corrected chi connectivity index (χ3v) is 2.67. The van der Waals surface area contributed by atoms with Gasteiger partial charge in [0.15, 0.2) is 0 Å². The van der Waals surface area contributed by atoms with Crippen molar-refractivity contribution in [3.8, 4) is 6.07 Å². The maximum atomic E-state index is 8.67. The lowest BCUT2D eigenvalue weighted by atomic mass is 10.3. The van der Waals surface area contributed by atoms with E-state index in [1.165, 1.54) is 12.8 Å². The number of pyridine rings is 1. The molecule has 1 fully saturated rings. The Labute approximate surface area is 83.8 Å². The first kappa shape index (κ1) is 9.01. The molecule has 0 aromatic carbocycles. The summed E-state index contributed by atoms with van der Waals surface area (Å²) in [4.78, 5) is 3.92. The molecule has 1 heterocycles. The van der Waals surface area contributed by atoms with Crippen LogP contribution in [0.4, 0.5) is 5.69 Å². The molecule has 14 heavy (non-hydrogen) atoms. The molecule has 1 aromatic rings. The Kier molecular flexibility index (Phi) is 2.36. The normalized spacial score (nSPS) is 24.0.